The molecule has 1 aliphatic heterocycles. The Labute approximate surface area is 134 Å². The molecule has 21 heavy (non-hydrogen) atoms. The first-order valence-corrected chi connectivity index (χ1v) is 7.89. The fourth-order valence-electron chi connectivity index (χ4n) is 3.20. The van der Waals surface area contributed by atoms with Crippen molar-refractivity contribution in [2.45, 2.75) is 44.8 Å². The zero-order valence-electron chi connectivity index (χ0n) is 13.3. The molecule has 124 valence electrons. The van der Waals surface area contributed by atoms with Crippen molar-refractivity contribution >= 4 is 18.3 Å². The largest absolute Gasteiger partial charge is 0.374 e. The molecule has 2 aliphatic rings. The number of ether oxygens (including phenoxy) is 1. The molecule has 1 saturated heterocycles. The SMILES string of the molecule is CC1CCC(N(C)C(=O)CN2CCOC(CN)C2)CC1.Cl. The molecule has 2 rings (SSSR count). The predicted octanol–water partition coefficient (Wildman–Crippen LogP) is 1.10. The number of hydrogen-bond donors (Lipinski definition) is 1. The second-order valence-corrected chi connectivity index (χ2v) is 6.38. The molecule has 6 heteroatoms. The van der Waals surface area contributed by atoms with Crippen LogP contribution in [0.5, 0.6) is 0 Å². The van der Waals surface area contributed by atoms with Crippen LogP contribution in [-0.2, 0) is 9.53 Å². The Balaban J connectivity index is 0.00000220. The lowest BCUT2D eigenvalue weighted by atomic mass is 9.87. The molecular weight excluding hydrogens is 290 g/mol. The first-order valence-electron chi connectivity index (χ1n) is 7.89. The summed E-state index contributed by atoms with van der Waals surface area (Å²) in [5.74, 6) is 1.06. The zero-order chi connectivity index (χ0) is 14.5. The number of rotatable bonds is 4. The average molecular weight is 320 g/mol. The first kappa shape index (κ1) is 18.7. The molecule has 0 radical (unpaired) electrons. The van der Waals surface area contributed by atoms with E-state index in [1.165, 1.54) is 12.8 Å². The van der Waals surface area contributed by atoms with Gasteiger partial charge in [-0.1, -0.05) is 6.92 Å². The molecule has 0 aromatic rings. The van der Waals surface area contributed by atoms with Crippen LogP contribution >= 0.6 is 12.4 Å². The fraction of sp³-hybridized carbons (Fsp3) is 0.933. The highest BCUT2D eigenvalue weighted by molar-refractivity contribution is 5.85. The number of nitrogens with two attached hydrogens (primary N) is 1. The van der Waals surface area contributed by atoms with Crippen molar-refractivity contribution in [2.24, 2.45) is 11.7 Å². The summed E-state index contributed by atoms with van der Waals surface area (Å²) in [7, 11) is 1.96. The van der Waals surface area contributed by atoms with Crippen LogP contribution in [-0.4, -0.2) is 67.7 Å². The number of carbonyl (C=O) groups is 1. The van der Waals surface area contributed by atoms with Crippen LogP contribution in [0.3, 0.4) is 0 Å². The molecule has 0 spiro atoms. The van der Waals surface area contributed by atoms with Crippen molar-refractivity contribution in [3.05, 3.63) is 0 Å². The van der Waals surface area contributed by atoms with Gasteiger partial charge in [-0.15, -0.1) is 12.4 Å². The number of nitrogens with zero attached hydrogens (tertiary/aromatic N) is 2. The maximum absolute atomic E-state index is 12.4. The van der Waals surface area contributed by atoms with E-state index < -0.39 is 0 Å². The van der Waals surface area contributed by atoms with Gasteiger partial charge < -0.3 is 15.4 Å². The van der Waals surface area contributed by atoms with Crippen molar-refractivity contribution < 1.29 is 9.53 Å². The summed E-state index contributed by atoms with van der Waals surface area (Å²) < 4.78 is 5.54. The molecule has 2 N–H and O–H groups in total. The average Bonchev–Trinajstić information content (AvgIpc) is 2.47. The first-order chi connectivity index (χ1) is 9.60. The van der Waals surface area contributed by atoms with Crippen LogP contribution in [0.4, 0.5) is 0 Å². The lowest BCUT2D eigenvalue weighted by Gasteiger charge is -2.36. The third-order valence-corrected chi connectivity index (χ3v) is 4.77. The summed E-state index contributed by atoms with van der Waals surface area (Å²) in [4.78, 5) is 16.5. The maximum Gasteiger partial charge on any atom is 0.236 e. The minimum atomic E-state index is 0. The predicted molar refractivity (Wildman–Crippen MR) is 86.7 cm³/mol. The lowest BCUT2D eigenvalue weighted by Crippen LogP contribution is -2.50. The Morgan fingerprint density at radius 3 is 2.62 bits per heavy atom. The highest BCUT2D eigenvalue weighted by Crippen LogP contribution is 2.26. The quantitative estimate of drug-likeness (QED) is 0.843. The molecule has 1 unspecified atom stereocenters. The number of likely N-dealkylation sites (N-methyl/N-ethyl adjacent to an activating group) is 1. The second kappa shape index (κ2) is 8.93. The van der Waals surface area contributed by atoms with E-state index in [-0.39, 0.29) is 24.4 Å². The van der Waals surface area contributed by atoms with Crippen molar-refractivity contribution in [1.82, 2.24) is 9.80 Å². The van der Waals surface area contributed by atoms with Gasteiger partial charge >= 0.3 is 0 Å². The van der Waals surface area contributed by atoms with E-state index in [0.717, 1.165) is 31.8 Å². The van der Waals surface area contributed by atoms with E-state index in [2.05, 4.69) is 11.8 Å². The molecule has 1 atom stereocenters. The molecule has 5 nitrogen and oxygen atoms in total. The van der Waals surface area contributed by atoms with Gasteiger partial charge in [-0.3, -0.25) is 9.69 Å². The van der Waals surface area contributed by atoms with E-state index in [1.54, 1.807) is 0 Å². The van der Waals surface area contributed by atoms with Crippen molar-refractivity contribution in [3.8, 4) is 0 Å². The molecule has 0 aromatic carbocycles. The van der Waals surface area contributed by atoms with Gasteiger partial charge in [0.05, 0.1) is 19.3 Å². The van der Waals surface area contributed by atoms with E-state index in [1.807, 2.05) is 11.9 Å². The van der Waals surface area contributed by atoms with Crippen LogP contribution < -0.4 is 5.73 Å². The van der Waals surface area contributed by atoms with Gasteiger partial charge in [0.1, 0.15) is 0 Å². The number of hydrogen-bond acceptors (Lipinski definition) is 4. The maximum atomic E-state index is 12.4. The molecule has 1 heterocycles. The Kier molecular flexibility index (Phi) is 7.95. The fourth-order valence-corrected chi connectivity index (χ4v) is 3.20. The summed E-state index contributed by atoms with van der Waals surface area (Å²) in [6, 6.07) is 0.435. The second-order valence-electron chi connectivity index (χ2n) is 6.38. The Hall–Kier alpha value is -0.360. The van der Waals surface area contributed by atoms with Crippen LogP contribution in [0.25, 0.3) is 0 Å². The molecule has 1 amide bonds. The van der Waals surface area contributed by atoms with Crippen LogP contribution in [0, 0.1) is 5.92 Å². The summed E-state index contributed by atoms with van der Waals surface area (Å²) in [6.45, 7) is 5.62. The summed E-state index contributed by atoms with van der Waals surface area (Å²) in [5.41, 5.74) is 5.64. The highest BCUT2D eigenvalue weighted by atomic mass is 35.5. The van der Waals surface area contributed by atoms with Gasteiger partial charge in [-0.2, -0.15) is 0 Å². The lowest BCUT2D eigenvalue weighted by molar-refractivity contribution is -0.135. The van der Waals surface area contributed by atoms with Crippen LogP contribution in [0.1, 0.15) is 32.6 Å². The Morgan fingerprint density at radius 2 is 2.00 bits per heavy atom. The standard InChI is InChI=1S/C15H29N3O2.ClH/c1-12-3-5-13(6-4-12)17(2)15(19)11-18-7-8-20-14(9-16)10-18;/h12-14H,3-11,16H2,1-2H3;1H. The normalized spacial score (nSPS) is 30.5. The van der Waals surface area contributed by atoms with Gasteiger partial charge in [-0.05, 0) is 31.6 Å². The highest BCUT2D eigenvalue weighted by Gasteiger charge is 2.27. The summed E-state index contributed by atoms with van der Waals surface area (Å²) in [6.07, 6.45) is 4.87. The van der Waals surface area contributed by atoms with Gasteiger partial charge in [0.25, 0.3) is 0 Å². The molecular formula is C15H30ClN3O2. The molecule has 2 fully saturated rings. The van der Waals surface area contributed by atoms with Gasteiger partial charge in [0.2, 0.25) is 5.91 Å². The van der Waals surface area contributed by atoms with Gasteiger partial charge in [-0.25, -0.2) is 0 Å². The third-order valence-electron chi connectivity index (χ3n) is 4.77. The third kappa shape index (κ3) is 5.40. The van der Waals surface area contributed by atoms with Gasteiger partial charge in [0, 0.05) is 32.7 Å². The van der Waals surface area contributed by atoms with E-state index >= 15 is 0 Å². The number of amides is 1. The van der Waals surface area contributed by atoms with E-state index in [9.17, 15) is 4.79 Å². The number of carbonyl (C=O) groups excluding carboxylic acids is 1. The Morgan fingerprint density at radius 1 is 1.33 bits per heavy atom. The zero-order valence-corrected chi connectivity index (χ0v) is 14.1. The number of morpholine rings is 1. The minimum absolute atomic E-state index is 0. The smallest absolute Gasteiger partial charge is 0.236 e. The number of halogens is 1. The molecule has 1 saturated carbocycles. The summed E-state index contributed by atoms with van der Waals surface area (Å²) in [5, 5.41) is 0. The molecule has 0 bridgehead atoms. The monoisotopic (exact) mass is 319 g/mol. The molecule has 1 aliphatic carbocycles. The topological polar surface area (TPSA) is 58.8 Å². The van der Waals surface area contributed by atoms with Crippen molar-refractivity contribution in [3.63, 3.8) is 0 Å². The van der Waals surface area contributed by atoms with Gasteiger partial charge in [0.15, 0.2) is 0 Å². The summed E-state index contributed by atoms with van der Waals surface area (Å²) >= 11 is 0. The van der Waals surface area contributed by atoms with E-state index in [4.69, 9.17) is 10.5 Å². The Bertz CT molecular complexity index is 322. The van der Waals surface area contributed by atoms with Crippen LogP contribution in [0.2, 0.25) is 0 Å². The van der Waals surface area contributed by atoms with E-state index in [0.29, 0.717) is 25.7 Å². The van der Waals surface area contributed by atoms with Crippen LogP contribution in [0.15, 0.2) is 0 Å². The molecule has 0 aromatic heterocycles. The van der Waals surface area contributed by atoms with Crippen molar-refractivity contribution in [2.75, 3.05) is 39.8 Å². The van der Waals surface area contributed by atoms with Crippen molar-refractivity contribution in [1.29, 1.82) is 0 Å². The minimum Gasteiger partial charge on any atom is -0.374 e.